The van der Waals surface area contributed by atoms with E-state index in [0.29, 0.717) is 35.4 Å². The molecule has 0 radical (unpaired) electrons. The second-order valence-corrected chi connectivity index (χ2v) is 10.3. The summed E-state index contributed by atoms with van der Waals surface area (Å²) in [5, 5.41) is 0. The van der Waals surface area contributed by atoms with Crippen molar-refractivity contribution >= 4 is 42.5 Å². The summed E-state index contributed by atoms with van der Waals surface area (Å²) in [5.41, 5.74) is 14.0. The highest BCUT2D eigenvalue weighted by Gasteiger charge is 2.42. The van der Waals surface area contributed by atoms with E-state index in [1.807, 2.05) is 21.3 Å². The van der Waals surface area contributed by atoms with Gasteiger partial charge in [-0.1, -0.05) is 0 Å². The number of nitrogens with two attached hydrogens (primary N) is 2. The topological polar surface area (TPSA) is 175 Å². The molecule has 2 aliphatic rings. The molecule has 0 amide bonds. The summed E-state index contributed by atoms with van der Waals surface area (Å²) in [6, 6.07) is 0. The molecule has 0 saturated heterocycles. The highest BCUT2D eigenvalue weighted by molar-refractivity contribution is 7.33. The third kappa shape index (κ3) is 4.57. The molecule has 4 heterocycles. The molecule has 4 aromatic heterocycles. The van der Waals surface area contributed by atoms with Crippen molar-refractivity contribution in [3.8, 4) is 0 Å². The molecule has 4 aromatic rings. The van der Waals surface area contributed by atoms with Crippen molar-refractivity contribution in [1.82, 2.24) is 39.0 Å². The Morgan fingerprint density at radius 1 is 0.806 bits per heavy atom. The average molecular weight is 507 g/mol. The summed E-state index contributed by atoms with van der Waals surface area (Å²) >= 11 is 0. The van der Waals surface area contributed by atoms with Gasteiger partial charge >= 0.3 is 8.25 Å². The van der Waals surface area contributed by atoms with Gasteiger partial charge in [0.15, 0.2) is 23.8 Å². The SMILES string of the molecule is Nc1ncc2ncn(CC3(C=CO[P+](=O)OC=CC4(Cn5cnc6cnc(N)nc65)CC4)CC3)c2n1. The molecule has 184 valence electrons. The van der Waals surface area contributed by atoms with Crippen LogP contribution in [0, 0.1) is 10.8 Å². The van der Waals surface area contributed by atoms with Crippen LogP contribution in [0.3, 0.4) is 0 Å². The predicted molar refractivity (Wildman–Crippen MR) is 131 cm³/mol. The summed E-state index contributed by atoms with van der Waals surface area (Å²) < 4.78 is 26.7. The van der Waals surface area contributed by atoms with Crippen molar-refractivity contribution in [3.63, 3.8) is 0 Å². The van der Waals surface area contributed by atoms with Gasteiger partial charge in [-0.15, -0.1) is 0 Å². The van der Waals surface area contributed by atoms with Crippen LogP contribution in [0.5, 0.6) is 0 Å². The van der Waals surface area contributed by atoms with E-state index in [1.54, 1.807) is 25.0 Å². The minimum atomic E-state index is -2.33. The van der Waals surface area contributed by atoms with Gasteiger partial charge in [0, 0.05) is 28.5 Å². The van der Waals surface area contributed by atoms with E-state index < -0.39 is 8.25 Å². The van der Waals surface area contributed by atoms with Crippen LogP contribution in [0.15, 0.2) is 49.7 Å². The summed E-state index contributed by atoms with van der Waals surface area (Å²) in [4.78, 5) is 25.1. The van der Waals surface area contributed by atoms with Crippen molar-refractivity contribution in [1.29, 1.82) is 0 Å². The zero-order valence-electron chi connectivity index (χ0n) is 19.3. The molecule has 0 unspecified atom stereocenters. The monoisotopic (exact) mass is 507 g/mol. The van der Waals surface area contributed by atoms with Crippen LogP contribution in [-0.2, 0) is 26.7 Å². The van der Waals surface area contributed by atoms with E-state index in [4.69, 9.17) is 20.5 Å². The number of fused-ring (bicyclic) bond motifs is 2. The molecule has 0 spiro atoms. The quantitative estimate of drug-likeness (QED) is 0.238. The van der Waals surface area contributed by atoms with E-state index in [1.165, 1.54) is 12.5 Å². The summed E-state index contributed by atoms with van der Waals surface area (Å²) in [5.74, 6) is 0.417. The van der Waals surface area contributed by atoms with Crippen LogP contribution in [0.2, 0.25) is 0 Å². The fraction of sp³-hybridized carbons (Fsp3) is 0.364. The van der Waals surface area contributed by atoms with Gasteiger partial charge in [0.1, 0.15) is 11.0 Å². The number of imidazole rings is 2. The lowest BCUT2D eigenvalue weighted by molar-refractivity contribution is 0.349. The minimum Gasteiger partial charge on any atom is -0.368 e. The molecule has 4 N–H and O–H groups in total. The zero-order chi connectivity index (χ0) is 24.8. The lowest BCUT2D eigenvalue weighted by atomic mass is 10.1. The maximum Gasteiger partial charge on any atom is 0.804 e. The van der Waals surface area contributed by atoms with Crippen LogP contribution in [0.4, 0.5) is 11.9 Å². The summed E-state index contributed by atoms with van der Waals surface area (Å²) in [6.07, 6.45) is 17.3. The molecule has 36 heavy (non-hydrogen) atoms. The molecule has 2 fully saturated rings. The molecule has 0 aromatic carbocycles. The number of allylic oxidation sites excluding steroid dienone is 2. The van der Waals surface area contributed by atoms with Crippen molar-refractivity contribution < 1.29 is 13.6 Å². The van der Waals surface area contributed by atoms with E-state index in [2.05, 4.69) is 29.9 Å². The first-order valence-corrected chi connectivity index (χ1v) is 12.6. The van der Waals surface area contributed by atoms with Crippen LogP contribution < -0.4 is 11.5 Å². The molecular formula is C22H24N10O3P+. The number of rotatable bonds is 10. The third-order valence-corrected chi connectivity index (χ3v) is 7.23. The van der Waals surface area contributed by atoms with Crippen LogP contribution in [0.1, 0.15) is 25.7 Å². The van der Waals surface area contributed by atoms with Crippen molar-refractivity contribution in [2.75, 3.05) is 11.5 Å². The smallest absolute Gasteiger partial charge is 0.368 e. The Balaban J connectivity index is 1.02. The number of hydrogen-bond donors (Lipinski definition) is 2. The highest BCUT2D eigenvalue weighted by Crippen LogP contribution is 2.50. The molecule has 0 bridgehead atoms. The Morgan fingerprint density at radius 3 is 1.67 bits per heavy atom. The fourth-order valence-corrected chi connectivity index (χ4v) is 4.57. The first kappa shape index (κ1) is 22.4. The van der Waals surface area contributed by atoms with E-state index in [0.717, 1.165) is 25.7 Å². The maximum absolute atomic E-state index is 12.2. The minimum absolute atomic E-state index is 0.0993. The number of anilines is 2. The van der Waals surface area contributed by atoms with Crippen LogP contribution >= 0.6 is 8.25 Å². The molecule has 0 aliphatic heterocycles. The second kappa shape index (κ2) is 8.52. The number of nitrogens with zero attached hydrogens (tertiary/aromatic N) is 8. The summed E-state index contributed by atoms with van der Waals surface area (Å²) in [6.45, 7) is 1.33. The van der Waals surface area contributed by atoms with E-state index in [9.17, 15) is 4.57 Å². The predicted octanol–water partition coefficient (Wildman–Crippen LogP) is 3.11. The first-order valence-electron chi connectivity index (χ1n) is 11.5. The van der Waals surface area contributed by atoms with Gasteiger partial charge in [-0.2, -0.15) is 9.97 Å². The standard InChI is InChI=1S/C22H24N10O3P/c23-19-25-9-15-17(29-19)31(13-27-15)11-21(1-2-21)5-7-34-36(33)35-8-6-22(3-4-22)12-32-14-28-16-10-26-20(24)30-18(16)32/h5-10,13-14H,1-4,11-12H2,(H2,23,25,29)(H2,24,26,30)/q+1. The Morgan fingerprint density at radius 2 is 1.25 bits per heavy atom. The number of hydrogen-bond acceptors (Lipinski definition) is 11. The molecule has 2 saturated carbocycles. The average Bonchev–Trinajstić information content (AvgIpc) is 3.72. The molecule has 13 nitrogen and oxygen atoms in total. The van der Waals surface area contributed by atoms with Gasteiger partial charge in [-0.05, 0) is 37.8 Å². The Kier molecular flexibility index (Phi) is 5.29. The maximum atomic E-state index is 12.2. The Bertz CT molecular complexity index is 1410. The third-order valence-electron chi connectivity index (χ3n) is 6.65. The number of nitrogen functional groups attached to an aromatic ring is 2. The van der Waals surface area contributed by atoms with E-state index >= 15 is 0 Å². The van der Waals surface area contributed by atoms with Gasteiger partial charge in [0.2, 0.25) is 11.9 Å². The normalized spacial score (nSPS) is 18.3. The van der Waals surface area contributed by atoms with Crippen molar-refractivity contribution in [3.05, 3.63) is 49.7 Å². The summed E-state index contributed by atoms with van der Waals surface area (Å²) in [7, 11) is -2.33. The highest BCUT2D eigenvalue weighted by atomic mass is 31.1. The largest absolute Gasteiger partial charge is 0.804 e. The van der Waals surface area contributed by atoms with Gasteiger partial charge in [0.05, 0.1) is 25.0 Å². The van der Waals surface area contributed by atoms with Crippen LogP contribution in [-0.4, -0.2) is 39.0 Å². The van der Waals surface area contributed by atoms with Gasteiger partial charge in [-0.3, -0.25) is 0 Å². The molecule has 2 aliphatic carbocycles. The molecular weight excluding hydrogens is 483 g/mol. The first-order chi connectivity index (χ1) is 17.4. The van der Waals surface area contributed by atoms with Crippen molar-refractivity contribution in [2.24, 2.45) is 10.8 Å². The lowest BCUT2D eigenvalue weighted by Gasteiger charge is -2.10. The van der Waals surface area contributed by atoms with Gasteiger partial charge in [0.25, 0.3) is 0 Å². The molecule has 6 rings (SSSR count). The zero-order valence-corrected chi connectivity index (χ0v) is 20.2. The Labute approximate surface area is 206 Å². The van der Waals surface area contributed by atoms with Gasteiger partial charge in [-0.25, -0.2) is 29.0 Å². The molecule has 0 atom stereocenters. The fourth-order valence-electron chi connectivity index (χ4n) is 4.20. The van der Waals surface area contributed by atoms with E-state index in [-0.39, 0.29) is 22.7 Å². The second-order valence-electron chi connectivity index (χ2n) is 9.38. The van der Waals surface area contributed by atoms with Crippen LogP contribution in [0.25, 0.3) is 22.3 Å². The Hall–Kier alpha value is -4.12. The molecule has 14 heteroatoms. The van der Waals surface area contributed by atoms with Crippen molar-refractivity contribution in [2.45, 2.75) is 38.8 Å². The lowest BCUT2D eigenvalue weighted by Crippen LogP contribution is -2.09. The van der Waals surface area contributed by atoms with Gasteiger partial charge < -0.3 is 20.6 Å². The number of aromatic nitrogens is 8.